The van der Waals surface area contributed by atoms with Gasteiger partial charge in [0.1, 0.15) is 0 Å². The number of hydrogen-bond acceptors (Lipinski definition) is 2. The summed E-state index contributed by atoms with van der Waals surface area (Å²) < 4.78 is 0. The van der Waals surface area contributed by atoms with E-state index in [0.717, 1.165) is 13.0 Å². The van der Waals surface area contributed by atoms with Crippen molar-refractivity contribution in [1.82, 2.24) is 15.1 Å². The number of H-pyrrole nitrogens is 1. The SMILES string of the molecule is CCC(C)N1CCc2[nH]ncc2C1. The zero-order valence-corrected chi connectivity index (χ0v) is 8.38. The van der Waals surface area contributed by atoms with Gasteiger partial charge >= 0.3 is 0 Å². The standard InChI is InChI=1S/C10H17N3/c1-3-8(2)13-5-4-10-9(7-13)6-11-12-10/h6,8H,3-5,7H2,1-2H3,(H,11,12). The van der Waals surface area contributed by atoms with Gasteiger partial charge < -0.3 is 0 Å². The van der Waals surface area contributed by atoms with Crippen molar-refractivity contribution in [1.29, 1.82) is 0 Å². The van der Waals surface area contributed by atoms with Gasteiger partial charge in [-0.2, -0.15) is 5.10 Å². The average Bonchev–Trinajstić information content (AvgIpc) is 2.63. The summed E-state index contributed by atoms with van der Waals surface area (Å²) in [4.78, 5) is 2.53. The Bertz CT molecular complexity index is 279. The van der Waals surface area contributed by atoms with Crippen LogP contribution in [0, 0.1) is 0 Å². The fourth-order valence-electron chi connectivity index (χ4n) is 1.88. The summed E-state index contributed by atoms with van der Waals surface area (Å²) in [6.45, 7) is 6.78. The molecule has 0 saturated heterocycles. The van der Waals surface area contributed by atoms with Crippen LogP contribution in [0.5, 0.6) is 0 Å². The van der Waals surface area contributed by atoms with Crippen LogP contribution in [-0.2, 0) is 13.0 Å². The fourth-order valence-corrected chi connectivity index (χ4v) is 1.88. The van der Waals surface area contributed by atoms with Gasteiger partial charge in [0.25, 0.3) is 0 Å². The first-order chi connectivity index (χ1) is 6.31. The van der Waals surface area contributed by atoms with Crippen LogP contribution >= 0.6 is 0 Å². The van der Waals surface area contributed by atoms with E-state index in [4.69, 9.17) is 0 Å². The minimum Gasteiger partial charge on any atom is -0.296 e. The van der Waals surface area contributed by atoms with Crippen LogP contribution in [0.2, 0.25) is 0 Å². The van der Waals surface area contributed by atoms with Crippen LogP contribution in [0.4, 0.5) is 0 Å². The lowest BCUT2D eigenvalue weighted by Crippen LogP contribution is -2.36. The van der Waals surface area contributed by atoms with E-state index >= 15 is 0 Å². The first kappa shape index (κ1) is 8.75. The maximum Gasteiger partial charge on any atom is 0.0535 e. The number of hydrogen-bond donors (Lipinski definition) is 1. The highest BCUT2D eigenvalue weighted by Gasteiger charge is 2.20. The second kappa shape index (κ2) is 3.50. The smallest absolute Gasteiger partial charge is 0.0535 e. The minimum absolute atomic E-state index is 0.697. The molecule has 0 aromatic carbocycles. The molecule has 13 heavy (non-hydrogen) atoms. The third-order valence-electron chi connectivity index (χ3n) is 3.04. The largest absolute Gasteiger partial charge is 0.296 e. The molecule has 0 bridgehead atoms. The van der Waals surface area contributed by atoms with Crippen molar-refractivity contribution in [2.45, 2.75) is 39.3 Å². The van der Waals surface area contributed by atoms with E-state index in [-0.39, 0.29) is 0 Å². The number of rotatable bonds is 2. The van der Waals surface area contributed by atoms with Gasteiger partial charge in [-0.25, -0.2) is 0 Å². The Morgan fingerprint density at radius 2 is 2.54 bits per heavy atom. The molecule has 1 unspecified atom stereocenters. The average molecular weight is 179 g/mol. The van der Waals surface area contributed by atoms with Crippen molar-refractivity contribution < 1.29 is 0 Å². The highest BCUT2D eigenvalue weighted by molar-refractivity contribution is 5.19. The normalized spacial score (nSPS) is 19.8. The summed E-state index contributed by atoms with van der Waals surface area (Å²) in [7, 11) is 0. The summed E-state index contributed by atoms with van der Waals surface area (Å²) >= 11 is 0. The Balaban J connectivity index is 2.08. The number of aromatic nitrogens is 2. The number of aromatic amines is 1. The Morgan fingerprint density at radius 3 is 3.31 bits per heavy atom. The molecule has 0 radical (unpaired) electrons. The third-order valence-corrected chi connectivity index (χ3v) is 3.04. The van der Waals surface area contributed by atoms with Gasteiger partial charge in [0, 0.05) is 36.8 Å². The van der Waals surface area contributed by atoms with Crippen molar-refractivity contribution in [3.05, 3.63) is 17.5 Å². The number of nitrogens with one attached hydrogen (secondary N) is 1. The molecule has 1 N–H and O–H groups in total. The molecular formula is C10H17N3. The summed E-state index contributed by atoms with van der Waals surface area (Å²) in [5, 5.41) is 7.13. The molecule has 1 aromatic heterocycles. The van der Waals surface area contributed by atoms with Crippen molar-refractivity contribution in [3.63, 3.8) is 0 Å². The van der Waals surface area contributed by atoms with Gasteiger partial charge in [-0.1, -0.05) is 6.92 Å². The zero-order chi connectivity index (χ0) is 9.26. The van der Waals surface area contributed by atoms with Gasteiger partial charge in [0.15, 0.2) is 0 Å². The minimum atomic E-state index is 0.697. The van der Waals surface area contributed by atoms with Crippen LogP contribution in [-0.4, -0.2) is 27.7 Å². The van der Waals surface area contributed by atoms with Crippen LogP contribution in [0.25, 0.3) is 0 Å². The quantitative estimate of drug-likeness (QED) is 0.747. The molecule has 0 saturated carbocycles. The van der Waals surface area contributed by atoms with Crippen LogP contribution in [0.3, 0.4) is 0 Å². The molecule has 0 aliphatic carbocycles. The summed E-state index contributed by atoms with van der Waals surface area (Å²) in [5.74, 6) is 0. The molecule has 1 atom stereocenters. The first-order valence-corrected chi connectivity index (χ1v) is 5.06. The highest BCUT2D eigenvalue weighted by atomic mass is 15.2. The predicted octanol–water partition coefficient (Wildman–Crippen LogP) is 1.57. The van der Waals surface area contributed by atoms with E-state index in [9.17, 15) is 0 Å². The lowest BCUT2D eigenvalue weighted by Gasteiger charge is -2.31. The topological polar surface area (TPSA) is 31.9 Å². The molecular weight excluding hydrogens is 162 g/mol. The Kier molecular flexibility index (Phi) is 2.36. The van der Waals surface area contributed by atoms with Crippen LogP contribution < -0.4 is 0 Å². The van der Waals surface area contributed by atoms with Crippen molar-refractivity contribution in [2.24, 2.45) is 0 Å². The molecule has 72 valence electrons. The van der Waals surface area contributed by atoms with Gasteiger partial charge in [-0.3, -0.25) is 10.00 Å². The Labute approximate surface area is 79.1 Å². The van der Waals surface area contributed by atoms with E-state index in [1.165, 1.54) is 24.2 Å². The van der Waals surface area contributed by atoms with Crippen LogP contribution in [0.1, 0.15) is 31.5 Å². The maximum absolute atomic E-state index is 4.07. The second-order valence-electron chi connectivity index (χ2n) is 3.85. The highest BCUT2D eigenvalue weighted by Crippen LogP contribution is 2.18. The molecule has 2 rings (SSSR count). The van der Waals surface area contributed by atoms with Gasteiger partial charge in [-0.05, 0) is 13.3 Å². The lowest BCUT2D eigenvalue weighted by molar-refractivity contribution is 0.186. The second-order valence-corrected chi connectivity index (χ2v) is 3.85. The van der Waals surface area contributed by atoms with E-state index in [1.54, 1.807) is 0 Å². The van der Waals surface area contributed by atoms with Crippen LogP contribution in [0.15, 0.2) is 6.20 Å². The van der Waals surface area contributed by atoms with Gasteiger partial charge in [-0.15, -0.1) is 0 Å². The van der Waals surface area contributed by atoms with Crippen molar-refractivity contribution in [3.8, 4) is 0 Å². The molecule has 1 aliphatic heterocycles. The maximum atomic E-state index is 4.07. The molecule has 1 aliphatic rings. The number of fused-ring (bicyclic) bond motifs is 1. The van der Waals surface area contributed by atoms with Crippen molar-refractivity contribution in [2.75, 3.05) is 6.54 Å². The molecule has 3 nitrogen and oxygen atoms in total. The molecule has 2 heterocycles. The molecule has 0 fully saturated rings. The molecule has 0 spiro atoms. The Hall–Kier alpha value is -0.830. The third kappa shape index (κ3) is 1.61. The fraction of sp³-hybridized carbons (Fsp3) is 0.700. The number of nitrogens with zero attached hydrogens (tertiary/aromatic N) is 2. The van der Waals surface area contributed by atoms with E-state index < -0.39 is 0 Å². The summed E-state index contributed by atoms with van der Waals surface area (Å²) in [6.07, 6.45) is 4.32. The molecule has 3 heteroatoms. The predicted molar refractivity (Wildman–Crippen MR) is 52.5 cm³/mol. The van der Waals surface area contributed by atoms with Crippen molar-refractivity contribution >= 4 is 0 Å². The summed E-state index contributed by atoms with van der Waals surface area (Å²) in [5.41, 5.74) is 2.71. The van der Waals surface area contributed by atoms with E-state index in [0.29, 0.717) is 6.04 Å². The molecule has 0 amide bonds. The molecule has 1 aromatic rings. The first-order valence-electron chi connectivity index (χ1n) is 5.06. The lowest BCUT2D eigenvalue weighted by atomic mass is 10.1. The van der Waals surface area contributed by atoms with E-state index in [1.807, 2.05) is 6.20 Å². The monoisotopic (exact) mass is 179 g/mol. The summed E-state index contributed by atoms with van der Waals surface area (Å²) in [6, 6.07) is 0.697. The van der Waals surface area contributed by atoms with Gasteiger partial charge in [0.05, 0.1) is 6.20 Å². The Morgan fingerprint density at radius 1 is 1.69 bits per heavy atom. The zero-order valence-electron chi connectivity index (χ0n) is 8.38. The van der Waals surface area contributed by atoms with E-state index in [2.05, 4.69) is 28.9 Å². The van der Waals surface area contributed by atoms with Gasteiger partial charge in [0.2, 0.25) is 0 Å².